The lowest BCUT2D eigenvalue weighted by molar-refractivity contribution is 0.482. The van der Waals surface area contributed by atoms with Crippen LogP contribution < -0.4 is 10.1 Å². The van der Waals surface area contributed by atoms with Crippen molar-refractivity contribution >= 4 is 22.8 Å². The van der Waals surface area contributed by atoms with Gasteiger partial charge in [0.05, 0.1) is 0 Å². The molecule has 0 atom stereocenters. The SMILES string of the molecule is c1cc(Nc2nc3ccccc3o2)cc(Oc2ccncc2)c1. The summed E-state index contributed by atoms with van der Waals surface area (Å²) in [5.41, 5.74) is 2.40. The molecule has 0 bridgehead atoms. The normalized spacial score (nSPS) is 10.6. The van der Waals surface area contributed by atoms with Crippen LogP contribution in [0.25, 0.3) is 11.1 Å². The topological polar surface area (TPSA) is 60.2 Å². The molecule has 0 radical (unpaired) electrons. The van der Waals surface area contributed by atoms with Crippen LogP contribution in [0.4, 0.5) is 11.7 Å². The number of anilines is 2. The molecule has 0 aliphatic rings. The van der Waals surface area contributed by atoms with E-state index in [-0.39, 0.29) is 0 Å². The van der Waals surface area contributed by atoms with Crippen molar-refractivity contribution in [2.24, 2.45) is 0 Å². The molecular formula is C18H13N3O2. The van der Waals surface area contributed by atoms with Crippen molar-refractivity contribution in [3.63, 3.8) is 0 Å². The number of fused-ring (bicyclic) bond motifs is 1. The van der Waals surface area contributed by atoms with Crippen LogP contribution >= 0.6 is 0 Å². The Balaban J connectivity index is 1.56. The molecule has 0 aliphatic heterocycles. The molecule has 0 fully saturated rings. The zero-order chi connectivity index (χ0) is 15.5. The first-order valence-electron chi connectivity index (χ1n) is 7.17. The summed E-state index contributed by atoms with van der Waals surface area (Å²) in [4.78, 5) is 8.36. The number of ether oxygens (including phenoxy) is 1. The molecule has 4 rings (SSSR count). The van der Waals surface area contributed by atoms with Crippen LogP contribution in [-0.4, -0.2) is 9.97 Å². The van der Waals surface area contributed by atoms with Crippen molar-refractivity contribution in [2.75, 3.05) is 5.32 Å². The van der Waals surface area contributed by atoms with E-state index < -0.39 is 0 Å². The molecule has 4 aromatic rings. The van der Waals surface area contributed by atoms with Crippen LogP contribution in [0.5, 0.6) is 11.5 Å². The van der Waals surface area contributed by atoms with Gasteiger partial charge in [0.25, 0.3) is 6.01 Å². The van der Waals surface area contributed by atoms with Crippen molar-refractivity contribution in [2.45, 2.75) is 0 Å². The van der Waals surface area contributed by atoms with E-state index in [1.807, 2.05) is 48.5 Å². The number of benzene rings is 2. The van der Waals surface area contributed by atoms with Gasteiger partial charge >= 0.3 is 0 Å². The summed E-state index contributed by atoms with van der Waals surface area (Å²) >= 11 is 0. The number of hydrogen-bond acceptors (Lipinski definition) is 5. The molecule has 0 amide bonds. The molecule has 0 spiro atoms. The van der Waals surface area contributed by atoms with Crippen LogP contribution in [-0.2, 0) is 0 Å². The highest BCUT2D eigenvalue weighted by Gasteiger charge is 2.06. The second-order valence-electron chi connectivity index (χ2n) is 4.92. The summed E-state index contributed by atoms with van der Waals surface area (Å²) in [6.45, 7) is 0. The van der Waals surface area contributed by atoms with Gasteiger partial charge in [-0.2, -0.15) is 4.98 Å². The Morgan fingerprint density at radius 1 is 0.870 bits per heavy atom. The molecular weight excluding hydrogens is 290 g/mol. The van der Waals surface area contributed by atoms with Gasteiger partial charge in [-0.1, -0.05) is 18.2 Å². The largest absolute Gasteiger partial charge is 0.457 e. The highest BCUT2D eigenvalue weighted by Crippen LogP contribution is 2.26. The van der Waals surface area contributed by atoms with E-state index in [4.69, 9.17) is 9.15 Å². The van der Waals surface area contributed by atoms with Gasteiger partial charge in [0.15, 0.2) is 5.58 Å². The number of rotatable bonds is 4. The van der Waals surface area contributed by atoms with Crippen LogP contribution in [0, 0.1) is 0 Å². The smallest absolute Gasteiger partial charge is 0.300 e. The van der Waals surface area contributed by atoms with Gasteiger partial charge in [-0.05, 0) is 36.4 Å². The lowest BCUT2D eigenvalue weighted by Gasteiger charge is -2.07. The van der Waals surface area contributed by atoms with Crippen LogP contribution in [0.15, 0.2) is 77.5 Å². The third-order valence-corrected chi connectivity index (χ3v) is 3.26. The maximum absolute atomic E-state index is 5.78. The maximum atomic E-state index is 5.78. The quantitative estimate of drug-likeness (QED) is 0.589. The molecule has 1 N–H and O–H groups in total. The Bertz CT molecular complexity index is 902. The molecule has 2 heterocycles. The van der Waals surface area contributed by atoms with E-state index in [0.29, 0.717) is 6.01 Å². The Hall–Kier alpha value is -3.34. The zero-order valence-electron chi connectivity index (χ0n) is 12.1. The summed E-state index contributed by atoms with van der Waals surface area (Å²) in [6, 6.07) is 19.3. The standard InChI is InChI=1S/C18H13N3O2/c1-2-7-17-16(6-1)21-18(23-17)20-13-4-3-5-15(12-13)22-14-8-10-19-11-9-14/h1-12H,(H,20,21). The van der Waals surface area contributed by atoms with Crippen molar-refractivity contribution in [3.05, 3.63) is 73.1 Å². The fraction of sp³-hybridized carbons (Fsp3) is 0. The van der Waals surface area contributed by atoms with Gasteiger partial charge in [0, 0.05) is 24.1 Å². The number of pyridine rings is 1. The lowest BCUT2D eigenvalue weighted by atomic mass is 10.3. The summed E-state index contributed by atoms with van der Waals surface area (Å²) in [7, 11) is 0. The molecule has 5 heteroatoms. The van der Waals surface area contributed by atoms with E-state index in [9.17, 15) is 0 Å². The first-order valence-corrected chi connectivity index (χ1v) is 7.17. The zero-order valence-corrected chi connectivity index (χ0v) is 12.1. The average Bonchev–Trinajstić information content (AvgIpc) is 2.98. The minimum Gasteiger partial charge on any atom is -0.457 e. The van der Waals surface area contributed by atoms with Crippen molar-refractivity contribution in [1.29, 1.82) is 0 Å². The summed E-state index contributed by atoms with van der Waals surface area (Å²) in [5, 5.41) is 3.15. The Kier molecular flexibility index (Phi) is 3.37. The molecule has 0 saturated heterocycles. The van der Waals surface area contributed by atoms with E-state index in [2.05, 4.69) is 15.3 Å². The number of nitrogens with zero attached hydrogens (tertiary/aromatic N) is 2. The molecule has 23 heavy (non-hydrogen) atoms. The van der Waals surface area contributed by atoms with E-state index in [1.54, 1.807) is 24.5 Å². The van der Waals surface area contributed by atoms with E-state index >= 15 is 0 Å². The monoisotopic (exact) mass is 303 g/mol. The highest BCUT2D eigenvalue weighted by molar-refractivity contribution is 5.75. The summed E-state index contributed by atoms with van der Waals surface area (Å²) in [5.74, 6) is 1.45. The van der Waals surface area contributed by atoms with Crippen molar-refractivity contribution < 1.29 is 9.15 Å². The van der Waals surface area contributed by atoms with Crippen LogP contribution in [0.3, 0.4) is 0 Å². The number of hydrogen-bond donors (Lipinski definition) is 1. The van der Waals surface area contributed by atoms with Crippen molar-refractivity contribution in [1.82, 2.24) is 9.97 Å². The second kappa shape index (κ2) is 5.81. The third-order valence-electron chi connectivity index (χ3n) is 3.26. The first kappa shape index (κ1) is 13.3. The van der Waals surface area contributed by atoms with Gasteiger partial charge in [0.1, 0.15) is 17.0 Å². The minimum atomic E-state index is 0.451. The maximum Gasteiger partial charge on any atom is 0.300 e. The number of aromatic nitrogens is 2. The van der Waals surface area contributed by atoms with Gasteiger partial charge < -0.3 is 14.5 Å². The number of oxazole rings is 1. The molecule has 2 aromatic carbocycles. The fourth-order valence-electron chi connectivity index (χ4n) is 2.23. The summed E-state index contributed by atoms with van der Waals surface area (Å²) < 4.78 is 11.4. The second-order valence-corrected chi connectivity index (χ2v) is 4.92. The van der Waals surface area contributed by atoms with Gasteiger partial charge in [-0.25, -0.2) is 0 Å². The third kappa shape index (κ3) is 2.98. The highest BCUT2D eigenvalue weighted by atomic mass is 16.5. The molecule has 0 saturated carbocycles. The Morgan fingerprint density at radius 3 is 2.61 bits per heavy atom. The Morgan fingerprint density at radius 2 is 1.74 bits per heavy atom. The summed E-state index contributed by atoms with van der Waals surface area (Å²) in [6.07, 6.45) is 3.38. The predicted octanol–water partition coefficient (Wildman–Crippen LogP) is 4.76. The van der Waals surface area contributed by atoms with Crippen LogP contribution in [0.1, 0.15) is 0 Å². The van der Waals surface area contributed by atoms with E-state index in [1.165, 1.54) is 0 Å². The molecule has 0 aliphatic carbocycles. The van der Waals surface area contributed by atoms with Gasteiger partial charge in [-0.3, -0.25) is 4.98 Å². The molecule has 112 valence electrons. The van der Waals surface area contributed by atoms with Crippen molar-refractivity contribution in [3.8, 4) is 11.5 Å². The fourth-order valence-corrected chi connectivity index (χ4v) is 2.23. The minimum absolute atomic E-state index is 0.451. The molecule has 5 nitrogen and oxygen atoms in total. The van der Waals surface area contributed by atoms with Gasteiger partial charge in [0.2, 0.25) is 0 Å². The van der Waals surface area contributed by atoms with Crippen LogP contribution in [0.2, 0.25) is 0 Å². The van der Waals surface area contributed by atoms with Gasteiger partial charge in [-0.15, -0.1) is 0 Å². The molecule has 0 unspecified atom stereocenters. The Labute approximate surface area is 132 Å². The predicted molar refractivity (Wildman–Crippen MR) is 88.0 cm³/mol. The lowest BCUT2D eigenvalue weighted by Crippen LogP contribution is -1.91. The first-order chi connectivity index (χ1) is 11.4. The average molecular weight is 303 g/mol. The molecule has 2 aromatic heterocycles. The van der Waals surface area contributed by atoms with E-state index in [0.717, 1.165) is 28.3 Å². The number of para-hydroxylation sites is 2. The number of nitrogens with one attached hydrogen (secondary N) is 1.